The first-order valence-electron chi connectivity index (χ1n) is 6.83. The third kappa shape index (κ3) is 2.47. The van der Waals surface area contributed by atoms with E-state index in [9.17, 15) is 4.79 Å². The summed E-state index contributed by atoms with van der Waals surface area (Å²) < 4.78 is 1.94. The van der Waals surface area contributed by atoms with Crippen LogP contribution >= 0.6 is 11.6 Å². The first-order chi connectivity index (χ1) is 9.95. The molecule has 3 heteroatoms. The van der Waals surface area contributed by atoms with Crippen LogP contribution in [0.2, 0.25) is 5.02 Å². The molecule has 0 atom stereocenters. The van der Waals surface area contributed by atoms with Gasteiger partial charge in [-0.15, -0.1) is 0 Å². The minimum atomic E-state index is 0.0507. The first kappa shape index (κ1) is 13.9. The summed E-state index contributed by atoms with van der Waals surface area (Å²) in [5, 5.41) is 1.61. The van der Waals surface area contributed by atoms with E-state index < -0.39 is 0 Å². The monoisotopic (exact) mass is 297 g/mol. The second-order valence-electron chi connectivity index (χ2n) is 5.52. The standard InChI is InChI=1S/C18H16ClNO/c1-11-6-12(2)8-13(7-11)18(21)16-10-20(3)17-9-14(19)4-5-15(16)17/h4-10H,1-3H3. The van der Waals surface area contributed by atoms with Crippen LogP contribution in [0.4, 0.5) is 0 Å². The molecule has 1 aromatic heterocycles. The van der Waals surface area contributed by atoms with Gasteiger partial charge in [0.05, 0.1) is 0 Å². The van der Waals surface area contributed by atoms with E-state index in [1.54, 1.807) is 0 Å². The number of aryl methyl sites for hydroxylation is 3. The maximum absolute atomic E-state index is 12.8. The number of aromatic nitrogens is 1. The van der Waals surface area contributed by atoms with Crippen LogP contribution in [0, 0.1) is 13.8 Å². The number of benzene rings is 2. The van der Waals surface area contributed by atoms with Crippen LogP contribution in [0.5, 0.6) is 0 Å². The molecule has 0 fully saturated rings. The van der Waals surface area contributed by atoms with Crippen LogP contribution in [0.3, 0.4) is 0 Å². The van der Waals surface area contributed by atoms with E-state index in [0.29, 0.717) is 10.6 Å². The van der Waals surface area contributed by atoms with E-state index in [0.717, 1.165) is 27.6 Å². The van der Waals surface area contributed by atoms with Crippen molar-refractivity contribution in [1.29, 1.82) is 0 Å². The average molecular weight is 298 g/mol. The lowest BCUT2D eigenvalue weighted by Gasteiger charge is -2.03. The predicted octanol–water partition coefficient (Wildman–Crippen LogP) is 4.68. The van der Waals surface area contributed by atoms with Crippen LogP contribution in [0.1, 0.15) is 27.0 Å². The fourth-order valence-electron chi connectivity index (χ4n) is 2.80. The zero-order valence-electron chi connectivity index (χ0n) is 12.3. The number of rotatable bonds is 2. The van der Waals surface area contributed by atoms with E-state index in [-0.39, 0.29) is 5.78 Å². The fraction of sp³-hybridized carbons (Fsp3) is 0.167. The number of carbonyl (C=O) groups is 1. The Hall–Kier alpha value is -2.06. The maximum Gasteiger partial charge on any atom is 0.195 e. The predicted molar refractivity (Wildman–Crippen MR) is 87.3 cm³/mol. The van der Waals surface area contributed by atoms with Crippen LogP contribution < -0.4 is 0 Å². The highest BCUT2D eigenvalue weighted by molar-refractivity contribution is 6.31. The number of hydrogen-bond donors (Lipinski definition) is 0. The van der Waals surface area contributed by atoms with Gasteiger partial charge < -0.3 is 4.57 Å². The lowest BCUT2D eigenvalue weighted by molar-refractivity contribution is 0.104. The first-order valence-corrected chi connectivity index (χ1v) is 7.21. The number of hydrogen-bond acceptors (Lipinski definition) is 1. The van der Waals surface area contributed by atoms with Crippen LogP contribution in [-0.2, 0) is 7.05 Å². The summed E-state index contributed by atoms with van der Waals surface area (Å²) >= 11 is 6.04. The Bertz CT molecular complexity index is 841. The largest absolute Gasteiger partial charge is 0.350 e. The van der Waals surface area contributed by atoms with Gasteiger partial charge in [0.1, 0.15) is 0 Å². The minimum absolute atomic E-state index is 0.0507. The van der Waals surface area contributed by atoms with Gasteiger partial charge in [-0.05, 0) is 38.1 Å². The van der Waals surface area contributed by atoms with Gasteiger partial charge in [-0.3, -0.25) is 4.79 Å². The maximum atomic E-state index is 12.8. The van der Waals surface area contributed by atoms with Crippen molar-refractivity contribution in [2.24, 2.45) is 7.05 Å². The number of ketones is 1. The van der Waals surface area contributed by atoms with Crippen molar-refractivity contribution in [1.82, 2.24) is 4.57 Å². The Morgan fingerprint density at radius 2 is 1.71 bits per heavy atom. The summed E-state index contributed by atoms with van der Waals surface area (Å²) in [6, 6.07) is 11.6. The molecule has 0 aliphatic heterocycles. The van der Waals surface area contributed by atoms with E-state index in [2.05, 4.69) is 6.07 Å². The molecule has 2 nitrogen and oxygen atoms in total. The highest BCUT2D eigenvalue weighted by Gasteiger charge is 2.16. The highest BCUT2D eigenvalue weighted by Crippen LogP contribution is 2.26. The summed E-state index contributed by atoms with van der Waals surface area (Å²) in [4.78, 5) is 12.8. The molecule has 0 radical (unpaired) electrons. The molecule has 0 N–H and O–H groups in total. The molecule has 2 aromatic carbocycles. The zero-order valence-corrected chi connectivity index (χ0v) is 13.0. The van der Waals surface area contributed by atoms with Gasteiger partial charge in [0, 0.05) is 40.3 Å². The second kappa shape index (κ2) is 5.05. The quantitative estimate of drug-likeness (QED) is 0.630. The van der Waals surface area contributed by atoms with E-state index in [4.69, 9.17) is 11.6 Å². The van der Waals surface area contributed by atoms with Crippen molar-refractivity contribution in [3.05, 3.63) is 69.9 Å². The van der Waals surface area contributed by atoms with E-state index >= 15 is 0 Å². The summed E-state index contributed by atoms with van der Waals surface area (Å²) in [6.45, 7) is 4.01. The summed E-state index contributed by atoms with van der Waals surface area (Å²) in [5.41, 5.74) is 4.61. The molecule has 21 heavy (non-hydrogen) atoms. The Morgan fingerprint density at radius 1 is 1.05 bits per heavy atom. The van der Waals surface area contributed by atoms with Gasteiger partial charge >= 0.3 is 0 Å². The number of carbonyl (C=O) groups excluding carboxylic acids is 1. The average Bonchev–Trinajstić information content (AvgIpc) is 2.74. The van der Waals surface area contributed by atoms with Crippen LogP contribution in [-0.4, -0.2) is 10.4 Å². The molecule has 0 spiro atoms. The van der Waals surface area contributed by atoms with Crippen molar-refractivity contribution in [2.75, 3.05) is 0 Å². The molecule has 0 saturated carbocycles. The molecule has 3 rings (SSSR count). The summed E-state index contributed by atoms with van der Waals surface area (Å²) in [6.07, 6.45) is 1.88. The fourth-order valence-corrected chi connectivity index (χ4v) is 2.97. The normalized spacial score (nSPS) is 11.0. The number of halogens is 1. The number of fused-ring (bicyclic) bond motifs is 1. The number of nitrogens with zero attached hydrogens (tertiary/aromatic N) is 1. The molecule has 3 aromatic rings. The van der Waals surface area contributed by atoms with Gasteiger partial charge in [-0.2, -0.15) is 0 Å². The Kier molecular flexibility index (Phi) is 3.34. The third-order valence-electron chi connectivity index (χ3n) is 3.68. The molecular weight excluding hydrogens is 282 g/mol. The molecule has 0 aliphatic carbocycles. The van der Waals surface area contributed by atoms with Gasteiger partial charge in [-0.25, -0.2) is 0 Å². The smallest absolute Gasteiger partial charge is 0.195 e. The molecule has 0 unspecified atom stereocenters. The zero-order chi connectivity index (χ0) is 15.1. The SMILES string of the molecule is Cc1cc(C)cc(C(=O)c2cn(C)c3cc(Cl)ccc23)c1. The highest BCUT2D eigenvalue weighted by atomic mass is 35.5. The molecule has 0 saturated heterocycles. The molecule has 0 aliphatic rings. The molecule has 1 heterocycles. The minimum Gasteiger partial charge on any atom is -0.350 e. The molecule has 0 amide bonds. The Morgan fingerprint density at radius 3 is 2.38 bits per heavy atom. The van der Waals surface area contributed by atoms with Crippen LogP contribution in [0.25, 0.3) is 10.9 Å². The van der Waals surface area contributed by atoms with Crippen molar-refractivity contribution >= 4 is 28.3 Å². The van der Waals surface area contributed by atoms with E-state index in [1.807, 2.05) is 62.0 Å². The van der Waals surface area contributed by atoms with Gasteiger partial charge in [0.25, 0.3) is 0 Å². The summed E-state index contributed by atoms with van der Waals surface area (Å²) in [5.74, 6) is 0.0507. The molecule has 0 bridgehead atoms. The Labute approximate surface area is 129 Å². The van der Waals surface area contributed by atoms with Crippen molar-refractivity contribution in [3.8, 4) is 0 Å². The molecular formula is C18H16ClNO. The summed E-state index contributed by atoms with van der Waals surface area (Å²) in [7, 11) is 1.93. The second-order valence-corrected chi connectivity index (χ2v) is 5.96. The van der Waals surface area contributed by atoms with Gasteiger partial charge in [0.2, 0.25) is 0 Å². The van der Waals surface area contributed by atoms with Gasteiger partial charge in [-0.1, -0.05) is 34.9 Å². The third-order valence-corrected chi connectivity index (χ3v) is 3.92. The van der Waals surface area contributed by atoms with Crippen molar-refractivity contribution in [3.63, 3.8) is 0 Å². The van der Waals surface area contributed by atoms with Crippen LogP contribution in [0.15, 0.2) is 42.6 Å². The van der Waals surface area contributed by atoms with Crippen molar-refractivity contribution < 1.29 is 4.79 Å². The Balaban J connectivity index is 2.18. The molecule has 106 valence electrons. The van der Waals surface area contributed by atoms with Crippen molar-refractivity contribution in [2.45, 2.75) is 13.8 Å². The topological polar surface area (TPSA) is 22.0 Å². The van der Waals surface area contributed by atoms with Gasteiger partial charge in [0.15, 0.2) is 5.78 Å². The lowest BCUT2D eigenvalue weighted by Crippen LogP contribution is -2.01. The van der Waals surface area contributed by atoms with E-state index in [1.165, 1.54) is 0 Å². The lowest BCUT2D eigenvalue weighted by atomic mass is 9.99.